The molecular formula is C30H43N3O6. The van der Waals surface area contributed by atoms with Crippen molar-refractivity contribution < 1.29 is 29.2 Å². The van der Waals surface area contributed by atoms with Crippen LogP contribution in [0.4, 0.5) is 0 Å². The number of carboxylic acids is 1. The summed E-state index contributed by atoms with van der Waals surface area (Å²) < 4.78 is 19.1. The summed E-state index contributed by atoms with van der Waals surface area (Å²) in [6.45, 7) is 12.1. The quantitative estimate of drug-likeness (QED) is 0.209. The number of aryl methyl sites for hydroxylation is 2. The van der Waals surface area contributed by atoms with Crippen molar-refractivity contribution in [1.29, 1.82) is 0 Å². The Hall–Kier alpha value is -3.17. The Morgan fingerprint density at radius 2 is 1.95 bits per heavy atom. The molecule has 1 aromatic carbocycles. The second-order valence-electron chi connectivity index (χ2n) is 10.4. The zero-order valence-corrected chi connectivity index (χ0v) is 23.7. The Kier molecular flexibility index (Phi) is 11.6. The molecule has 214 valence electrons. The van der Waals surface area contributed by atoms with Crippen LogP contribution in [-0.4, -0.2) is 57.6 Å². The number of ether oxygens (including phenoxy) is 3. The molecule has 9 heteroatoms. The van der Waals surface area contributed by atoms with Gasteiger partial charge in [0.05, 0.1) is 32.6 Å². The van der Waals surface area contributed by atoms with Gasteiger partial charge in [-0.25, -0.2) is 4.79 Å². The van der Waals surface area contributed by atoms with E-state index in [0.717, 1.165) is 43.4 Å². The van der Waals surface area contributed by atoms with Gasteiger partial charge in [0.1, 0.15) is 29.4 Å². The minimum atomic E-state index is -1.12. The van der Waals surface area contributed by atoms with Crippen molar-refractivity contribution in [2.75, 3.05) is 26.4 Å². The van der Waals surface area contributed by atoms with Gasteiger partial charge in [0, 0.05) is 18.5 Å². The molecule has 0 amide bonds. The van der Waals surface area contributed by atoms with Crippen molar-refractivity contribution in [2.24, 2.45) is 13.0 Å². The number of carbonyl (C=O) groups is 1. The molecule has 0 radical (unpaired) electrons. The predicted octanol–water partition coefficient (Wildman–Crippen LogP) is 5.58. The van der Waals surface area contributed by atoms with E-state index in [1.165, 1.54) is 5.57 Å². The minimum absolute atomic E-state index is 0.0259. The maximum atomic E-state index is 12.3. The van der Waals surface area contributed by atoms with Crippen LogP contribution in [0.1, 0.15) is 86.0 Å². The third-order valence-corrected chi connectivity index (χ3v) is 7.12. The summed E-state index contributed by atoms with van der Waals surface area (Å²) in [7, 11) is 1.80. The molecule has 1 aliphatic rings. The van der Waals surface area contributed by atoms with Crippen LogP contribution in [0.5, 0.6) is 11.5 Å². The fourth-order valence-corrected chi connectivity index (χ4v) is 5.13. The van der Waals surface area contributed by atoms with Gasteiger partial charge < -0.3 is 24.4 Å². The largest absolute Gasteiger partial charge is 0.507 e. The van der Waals surface area contributed by atoms with Crippen LogP contribution in [-0.2, 0) is 29.5 Å². The van der Waals surface area contributed by atoms with Crippen molar-refractivity contribution >= 4 is 5.97 Å². The summed E-state index contributed by atoms with van der Waals surface area (Å²) >= 11 is 0. The van der Waals surface area contributed by atoms with Gasteiger partial charge in [0.2, 0.25) is 0 Å². The SMILES string of the molecule is C=C(C)C1CCC(C)=CC1c1c(OCCOCCOCc2cn(C)nn2)cc(CCCCC)c(C(=O)O)c1O. The van der Waals surface area contributed by atoms with Crippen molar-refractivity contribution in [3.8, 4) is 11.5 Å². The third-order valence-electron chi connectivity index (χ3n) is 7.12. The fraction of sp³-hybridized carbons (Fsp3) is 0.567. The van der Waals surface area contributed by atoms with Crippen molar-refractivity contribution in [1.82, 2.24) is 15.0 Å². The molecule has 1 aromatic heterocycles. The highest BCUT2D eigenvalue weighted by atomic mass is 16.5. The molecule has 1 heterocycles. The highest BCUT2D eigenvalue weighted by Gasteiger charge is 2.33. The lowest BCUT2D eigenvalue weighted by atomic mass is 9.73. The van der Waals surface area contributed by atoms with E-state index >= 15 is 0 Å². The van der Waals surface area contributed by atoms with Crippen LogP contribution in [0.2, 0.25) is 0 Å². The summed E-state index contributed by atoms with van der Waals surface area (Å²) in [6, 6.07) is 1.81. The first-order chi connectivity index (χ1) is 18.7. The Morgan fingerprint density at radius 3 is 2.62 bits per heavy atom. The molecule has 1 aliphatic carbocycles. The highest BCUT2D eigenvalue weighted by Crippen LogP contribution is 2.48. The average Bonchev–Trinajstić information content (AvgIpc) is 3.30. The second kappa shape index (κ2) is 14.8. The van der Waals surface area contributed by atoms with Crippen LogP contribution in [0.25, 0.3) is 0 Å². The van der Waals surface area contributed by atoms with Crippen LogP contribution >= 0.6 is 0 Å². The van der Waals surface area contributed by atoms with E-state index in [2.05, 4.69) is 36.8 Å². The van der Waals surface area contributed by atoms with Crippen molar-refractivity contribution in [3.05, 3.63) is 58.4 Å². The number of hydrogen-bond donors (Lipinski definition) is 2. The van der Waals surface area contributed by atoms with Crippen LogP contribution in [0, 0.1) is 5.92 Å². The number of nitrogens with zero attached hydrogens (tertiary/aromatic N) is 3. The van der Waals surface area contributed by atoms with Gasteiger partial charge >= 0.3 is 5.97 Å². The first-order valence-corrected chi connectivity index (χ1v) is 13.8. The van der Waals surface area contributed by atoms with Crippen LogP contribution in [0.3, 0.4) is 0 Å². The first kappa shape index (κ1) is 30.4. The number of carboxylic acid groups (broad SMARTS) is 1. The number of aromatic hydroxyl groups is 1. The molecule has 2 unspecified atom stereocenters. The highest BCUT2D eigenvalue weighted by molar-refractivity contribution is 5.94. The number of hydrogen-bond acceptors (Lipinski definition) is 7. The van der Waals surface area contributed by atoms with E-state index in [9.17, 15) is 15.0 Å². The normalized spacial score (nSPS) is 17.2. The number of benzene rings is 1. The lowest BCUT2D eigenvalue weighted by Gasteiger charge is -2.32. The van der Waals surface area contributed by atoms with E-state index in [1.807, 2.05) is 13.0 Å². The van der Waals surface area contributed by atoms with Gasteiger partial charge in [-0.3, -0.25) is 4.68 Å². The molecule has 3 rings (SSSR count). The molecule has 2 atom stereocenters. The predicted molar refractivity (Wildman–Crippen MR) is 149 cm³/mol. The monoisotopic (exact) mass is 541 g/mol. The van der Waals surface area contributed by atoms with Crippen LogP contribution in [0.15, 0.2) is 36.1 Å². The summed E-state index contributed by atoms with van der Waals surface area (Å²) in [5.74, 6) is -0.956. The van der Waals surface area contributed by atoms with E-state index in [-0.39, 0.29) is 29.8 Å². The summed E-state index contributed by atoms with van der Waals surface area (Å²) in [6.07, 6.45) is 9.15. The van der Waals surface area contributed by atoms with E-state index in [1.54, 1.807) is 17.9 Å². The van der Waals surface area contributed by atoms with Gasteiger partial charge in [-0.15, -0.1) is 5.10 Å². The lowest BCUT2D eigenvalue weighted by Crippen LogP contribution is -2.20. The molecule has 9 nitrogen and oxygen atoms in total. The summed E-state index contributed by atoms with van der Waals surface area (Å²) in [4.78, 5) is 12.3. The van der Waals surface area contributed by atoms with Crippen LogP contribution < -0.4 is 4.74 Å². The van der Waals surface area contributed by atoms with E-state index in [0.29, 0.717) is 49.7 Å². The van der Waals surface area contributed by atoms with E-state index in [4.69, 9.17) is 14.2 Å². The summed E-state index contributed by atoms with van der Waals surface area (Å²) in [5, 5.41) is 29.3. The van der Waals surface area contributed by atoms with Gasteiger partial charge in [-0.05, 0) is 57.1 Å². The number of unbranched alkanes of at least 4 members (excludes halogenated alkanes) is 2. The number of aromatic carboxylic acids is 1. The molecule has 0 fully saturated rings. The number of aromatic nitrogens is 3. The first-order valence-electron chi connectivity index (χ1n) is 13.8. The Labute approximate surface area is 231 Å². The average molecular weight is 542 g/mol. The molecule has 0 saturated heterocycles. The maximum absolute atomic E-state index is 12.3. The molecule has 0 bridgehead atoms. The topological polar surface area (TPSA) is 116 Å². The molecule has 0 saturated carbocycles. The molecule has 2 aromatic rings. The second-order valence-corrected chi connectivity index (χ2v) is 10.4. The number of phenols is 1. The van der Waals surface area contributed by atoms with Crippen molar-refractivity contribution in [2.45, 2.75) is 71.8 Å². The van der Waals surface area contributed by atoms with E-state index < -0.39 is 5.97 Å². The zero-order chi connectivity index (χ0) is 28.4. The molecule has 39 heavy (non-hydrogen) atoms. The summed E-state index contributed by atoms with van der Waals surface area (Å²) in [5.41, 5.74) is 4.05. The number of allylic oxidation sites excluding steroid dienone is 3. The molecule has 2 N–H and O–H groups in total. The van der Waals surface area contributed by atoms with Gasteiger partial charge in [-0.1, -0.05) is 48.8 Å². The standard InChI is InChI=1S/C30H43N3O6/c1-6-7-8-9-22-17-26(39-15-14-37-12-13-38-19-23-18-33(5)32-31-23)28(29(34)27(22)30(35)36)25-16-21(4)10-11-24(25)20(2)3/h16-18,24-25,34H,2,6-15,19H2,1,3-5H3,(H,35,36). The smallest absolute Gasteiger partial charge is 0.339 e. The molecule has 0 spiro atoms. The maximum Gasteiger partial charge on any atom is 0.339 e. The van der Waals surface area contributed by atoms with Gasteiger partial charge in [0.25, 0.3) is 0 Å². The number of rotatable bonds is 16. The van der Waals surface area contributed by atoms with Crippen molar-refractivity contribution in [3.63, 3.8) is 0 Å². The lowest BCUT2D eigenvalue weighted by molar-refractivity contribution is 0.0292. The Balaban J connectivity index is 1.75. The minimum Gasteiger partial charge on any atom is -0.507 e. The molecule has 0 aliphatic heterocycles. The molecular weight excluding hydrogens is 498 g/mol. The third kappa shape index (κ3) is 8.41. The fourth-order valence-electron chi connectivity index (χ4n) is 5.13. The Bertz CT molecular complexity index is 1160. The Morgan fingerprint density at radius 1 is 1.21 bits per heavy atom. The van der Waals surface area contributed by atoms with Gasteiger partial charge in [-0.2, -0.15) is 0 Å². The van der Waals surface area contributed by atoms with Gasteiger partial charge in [0.15, 0.2) is 0 Å². The zero-order valence-electron chi connectivity index (χ0n) is 23.7.